The van der Waals surface area contributed by atoms with Gasteiger partial charge in [-0.05, 0) is 30.7 Å². The van der Waals surface area contributed by atoms with Crippen LogP contribution in [-0.2, 0) is 0 Å². The molecule has 1 atom stereocenters. The van der Waals surface area contributed by atoms with Gasteiger partial charge in [-0.2, -0.15) is 8.78 Å². The summed E-state index contributed by atoms with van der Waals surface area (Å²) in [6, 6.07) is 7.20. The molecule has 0 saturated carbocycles. The van der Waals surface area contributed by atoms with Crippen molar-refractivity contribution < 1.29 is 27.4 Å². The standard InChI is InChI=1S/C15H12F4O2/c1-8-6-12(17)10(7-11(8)16)14(20)9-4-2-3-5-13(9)21-15(18)19/h2-7,14-15,20H,1H3. The zero-order valence-electron chi connectivity index (χ0n) is 11.0. The van der Waals surface area contributed by atoms with Crippen molar-refractivity contribution in [2.75, 3.05) is 0 Å². The average Bonchev–Trinajstić information content (AvgIpc) is 2.42. The molecule has 2 aromatic carbocycles. The summed E-state index contributed by atoms with van der Waals surface area (Å²) in [7, 11) is 0. The second-order valence-electron chi connectivity index (χ2n) is 4.44. The maximum absolute atomic E-state index is 13.8. The first-order chi connectivity index (χ1) is 9.90. The normalized spacial score (nSPS) is 12.5. The van der Waals surface area contributed by atoms with Crippen LogP contribution in [-0.4, -0.2) is 11.7 Å². The van der Waals surface area contributed by atoms with Crippen molar-refractivity contribution in [2.24, 2.45) is 0 Å². The predicted molar refractivity (Wildman–Crippen MR) is 68.2 cm³/mol. The number of aliphatic hydroxyl groups excluding tert-OH is 1. The fourth-order valence-electron chi connectivity index (χ4n) is 1.95. The summed E-state index contributed by atoms with van der Waals surface area (Å²) in [6.07, 6.45) is -1.62. The molecule has 2 nitrogen and oxygen atoms in total. The van der Waals surface area contributed by atoms with Crippen molar-refractivity contribution in [2.45, 2.75) is 19.6 Å². The van der Waals surface area contributed by atoms with Crippen LogP contribution in [0.5, 0.6) is 5.75 Å². The highest BCUT2D eigenvalue weighted by atomic mass is 19.3. The number of aliphatic hydroxyl groups is 1. The van der Waals surface area contributed by atoms with E-state index in [1.807, 2.05) is 0 Å². The molecule has 0 aliphatic heterocycles. The van der Waals surface area contributed by atoms with Crippen LogP contribution in [0.15, 0.2) is 36.4 Å². The van der Waals surface area contributed by atoms with Gasteiger partial charge in [0.15, 0.2) is 0 Å². The van der Waals surface area contributed by atoms with Crippen molar-refractivity contribution in [3.05, 3.63) is 64.7 Å². The van der Waals surface area contributed by atoms with E-state index in [1.165, 1.54) is 31.2 Å². The fraction of sp³-hybridized carbons (Fsp3) is 0.200. The van der Waals surface area contributed by atoms with Gasteiger partial charge < -0.3 is 9.84 Å². The highest BCUT2D eigenvalue weighted by Crippen LogP contribution is 2.32. The van der Waals surface area contributed by atoms with Gasteiger partial charge in [-0.25, -0.2) is 8.78 Å². The second-order valence-corrected chi connectivity index (χ2v) is 4.44. The van der Waals surface area contributed by atoms with Gasteiger partial charge in [0.2, 0.25) is 0 Å². The Morgan fingerprint density at radius 2 is 1.67 bits per heavy atom. The van der Waals surface area contributed by atoms with Gasteiger partial charge >= 0.3 is 6.61 Å². The number of para-hydroxylation sites is 1. The molecule has 0 aliphatic carbocycles. The first-order valence-electron chi connectivity index (χ1n) is 6.07. The van der Waals surface area contributed by atoms with E-state index in [0.29, 0.717) is 0 Å². The van der Waals surface area contributed by atoms with Gasteiger partial charge in [-0.3, -0.25) is 0 Å². The lowest BCUT2D eigenvalue weighted by Crippen LogP contribution is -2.09. The third-order valence-corrected chi connectivity index (χ3v) is 3.00. The van der Waals surface area contributed by atoms with Gasteiger partial charge in [0.25, 0.3) is 0 Å². The molecular formula is C15H12F4O2. The molecule has 0 fully saturated rings. The Morgan fingerprint density at radius 3 is 2.33 bits per heavy atom. The van der Waals surface area contributed by atoms with Gasteiger partial charge in [0.05, 0.1) is 0 Å². The number of rotatable bonds is 4. The summed E-state index contributed by atoms with van der Waals surface area (Å²) in [5.41, 5.74) is -0.330. The van der Waals surface area contributed by atoms with Crippen molar-refractivity contribution >= 4 is 0 Å². The maximum Gasteiger partial charge on any atom is 0.387 e. The SMILES string of the molecule is Cc1cc(F)c(C(O)c2ccccc2OC(F)F)cc1F. The van der Waals surface area contributed by atoms with E-state index in [-0.39, 0.29) is 22.4 Å². The summed E-state index contributed by atoms with van der Waals surface area (Å²) < 4.78 is 56.3. The Kier molecular flexibility index (Phi) is 4.47. The lowest BCUT2D eigenvalue weighted by molar-refractivity contribution is -0.0512. The molecule has 21 heavy (non-hydrogen) atoms. The minimum absolute atomic E-state index is 0.0695. The minimum Gasteiger partial charge on any atom is -0.434 e. The summed E-state index contributed by atoms with van der Waals surface area (Å²) in [6.45, 7) is -1.71. The summed E-state index contributed by atoms with van der Waals surface area (Å²) in [5, 5.41) is 10.2. The molecule has 0 amide bonds. The number of benzene rings is 2. The molecule has 2 aromatic rings. The van der Waals surface area contributed by atoms with Crippen LogP contribution >= 0.6 is 0 Å². The van der Waals surface area contributed by atoms with E-state index in [9.17, 15) is 22.7 Å². The highest BCUT2D eigenvalue weighted by molar-refractivity contribution is 5.41. The van der Waals surface area contributed by atoms with Crippen LogP contribution in [0, 0.1) is 18.6 Å². The lowest BCUT2D eigenvalue weighted by Gasteiger charge is -2.17. The smallest absolute Gasteiger partial charge is 0.387 e. The van der Waals surface area contributed by atoms with Crippen LogP contribution in [0.25, 0.3) is 0 Å². The number of hydrogen-bond donors (Lipinski definition) is 1. The molecule has 6 heteroatoms. The van der Waals surface area contributed by atoms with Crippen LogP contribution in [0.3, 0.4) is 0 Å². The monoisotopic (exact) mass is 300 g/mol. The van der Waals surface area contributed by atoms with Crippen molar-refractivity contribution in [1.82, 2.24) is 0 Å². The molecular weight excluding hydrogens is 288 g/mol. The minimum atomic E-state index is -3.09. The molecule has 0 radical (unpaired) electrons. The number of halogens is 4. The van der Waals surface area contributed by atoms with Crippen molar-refractivity contribution in [1.29, 1.82) is 0 Å². The molecule has 1 unspecified atom stereocenters. The van der Waals surface area contributed by atoms with E-state index in [4.69, 9.17) is 0 Å². The Hall–Kier alpha value is -2.08. The van der Waals surface area contributed by atoms with Gasteiger partial charge in [0.1, 0.15) is 23.5 Å². The molecule has 0 heterocycles. The zero-order chi connectivity index (χ0) is 15.6. The highest BCUT2D eigenvalue weighted by Gasteiger charge is 2.21. The third kappa shape index (κ3) is 3.33. The zero-order valence-corrected chi connectivity index (χ0v) is 11.0. The number of ether oxygens (including phenoxy) is 1. The van der Waals surface area contributed by atoms with Gasteiger partial charge in [0, 0.05) is 11.1 Å². The molecule has 2 rings (SSSR count). The van der Waals surface area contributed by atoms with E-state index in [1.54, 1.807) is 0 Å². The van der Waals surface area contributed by atoms with Crippen molar-refractivity contribution in [3.63, 3.8) is 0 Å². The lowest BCUT2D eigenvalue weighted by atomic mass is 9.99. The van der Waals surface area contributed by atoms with E-state index < -0.39 is 24.3 Å². The topological polar surface area (TPSA) is 29.5 Å². The Balaban J connectivity index is 2.45. The third-order valence-electron chi connectivity index (χ3n) is 3.00. The summed E-state index contributed by atoms with van der Waals surface area (Å²) in [5.74, 6) is -1.81. The quantitative estimate of drug-likeness (QED) is 0.866. The Labute approximate surface area is 118 Å². The predicted octanol–water partition coefficient (Wildman–Crippen LogP) is 3.96. The molecule has 0 aromatic heterocycles. The molecule has 0 spiro atoms. The summed E-state index contributed by atoms with van der Waals surface area (Å²) in [4.78, 5) is 0. The van der Waals surface area contributed by atoms with E-state index >= 15 is 0 Å². The number of hydrogen-bond acceptors (Lipinski definition) is 2. The Bertz CT molecular complexity index is 644. The van der Waals surface area contributed by atoms with Crippen LogP contribution in [0.1, 0.15) is 22.8 Å². The van der Waals surface area contributed by atoms with E-state index in [0.717, 1.165) is 12.1 Å². The summed E-state index contributed by atoms with van der Waals surface area (Å²) >= 11 is 0. The van der Waals surface area contributed by atoms with Gasteiger partial charge in [-0.15, -0.1) is 0 Å². The van der Waals surface area contributed by atoms with Crippen molar-refractivity contribution in [3.8, 4) is 5.75 Å². The number of aryl methyl sites for hydroxylation is 1. The Morgan fingerprint density at radius 1 is 1.00 bits per heavy atom. The molecule has 0 bridgehead atoms. The van der Waals surface area contributed by atoms with Crippen LogP contribution in [0.2, 0.25) is 0 Å². The van der Waals surface area contributed by atoms with Crippen LogP contribution in [0.4, 0.5) is 17.6 Å². The van der Waals surface area contributed by atoms with E-state index in [2.05, 4.69) is 4.74 Å². The maximum atomic E-state index is 13.8. The molecule has 1 N–H and O–H groups in total. The largest absolute Gasteiger partial charge is 0.434 e. The molecule has 0 aliphatic rings. The average molecular weight is 300 g/mol. The molecule has 112 valence electrons. The van der Waals surface area contributed by atoms with Crippen LogP contribution < -0.4 is 4.74 Å². The fourth-order valence-corrected chi connectivity index (χ4v) is 1.95. The molecule has 0 saturated heterocycles. The van der Waals surface area contributed by atoms with Gasteiger partial charge in [-0.1, -0.05) is 18.2 Å². The second kappa shape index (κ2) is 6.13. The first kappa shape index (κ1) is 15.3. The first-order valence-corrected chi connectivity index (χ1v) is 6.07. The number of alkyl halides is 2.